The number of unbranched alkanes of at least 4 members (excludes halogenated alkanes) is 28. The Labute approximate surface area is 253 Å². The molecule has 0 bridgehead atoms. The van der Waals surface area contributed by atoms with Crippen molar-refractivity contribution >= 4 is 5.91 Å². The number of carbonyl (C=O) groups excluding carboxylic acids is 1. The highest BCUT2D eigenvalue weighted by molar-refractivity contribution is 5.78. The van der Waals surface area contributed by atoms with Gasteiger partial charge in [-0.3, -0.25) is 4.79 Å². The summed E-state index contributed by atoms with van der Waals surface area (Å²) in [6, 6.07) is 0.333. The van der Waals surface area contributed by atoms with Gasteiger partial charge in [0.05, 0.1) is 6.54 Å². The number of carbonyl (C=O) groups is 1. The lowest BCUT2D eigenvalue weighted by molar-refractivity contribution is -0.120. The van der Waals surface area contributed by atoms with Gasteiger partial charge in [0.1, 0.15) is 0 Å². The molecule has 0 aliphatic rings. The summed E-state index contributed by atoms with van der Waals surface area (Å²) < 4.78 is 0. The van der Waals surface area contributed by atoms with Gasteiger partial charge >= 0.3 is 0 Å². The fourth-order valence-corrected chi connectivity index (χ4v) is 6.10. The summed E-state index contributed by atoms with van der Waals surface area (Å²) in [5.74, 6) is 0.0203. The largest absolute Gasteiger partial charge is 0.352 e. The van der Waals surface area contributed by atoms with E-state index < -0.39 is 0 Å². The molecule has 1 amide bonds. The van der Waals surface area contributed by atoms with Gasteiger partial charge in [0.15, 0.2) is 0 Å². The van der Waals surface area contributed by atoms with E-state index in [9.17, 15) is 4.79 Å². The van der Waals surface area contributed by atoms with E-state index in [4.69, 9.17) is 5.73 Å². The third kappa shape index (κ3) is 32.0. The first-order valence-electron chi connectivity index (χ1n) is 18.7. The standard InChI is InChI=1S/C37H76N2O/c1-3-5-7-9-11-13-15-17-19-21-23-25-27-29-31-33-36(39-37(40)35-38)34-32-30-28-26-24-22-20-18-16-14-12-10-8-6-4-2/h36H,3-35,38H2,1-2H3,(H,39,40). The molecule has 0 radical (unpaired) electrons. The van der Waals surface area contributed by atoms with Crippen LogP contribution in [-0.4, -0.2) is 18.5 Å². The summed E-state index contributed by atoms with van der Waals surface area (Å²) in [6.45, 7) is 4.71. The zero-order valence-electron chi connectivity index (χ0n) is 27.9. The summed E-state index contributed by atoms with van der Waals surface area (Å²) in [5, 5.41) is 3.20. The quantitative estimate of drug-likeness (QED) is 0.0763. The van der Waals surface area contributed by atoms with Crippen LogP contribution in [0.1, 0.15) is 219 Å². The van der Waals surface area contributed by atoms with Gasteiger partial charge < -0.3 is 11.1 Å². The molecule has 240 valence electrons. The summed E-state index contributed by atoms with van der Waals surface area (Å²) >= 11 is 0. The average Bonchev–Trinajstić information content (AvgIpc) is 2.96. The number of nitrogens with one attached hydrogen (secondary N) is 1. The fraction of sp³-hybridized carbons (Fsp3) is 0.973. The Hall–Kier alpha value is -0.570. The minimum Gasteiger partial charge on any atom is -0.352 e. The molecular formula is C37H76N2O. The van der Waals surface area contributed by atoms with Crippen molar-refractivity contribution in [1.29, 1.82) is 0 Å². The molecule has 0 aliphatic heterocycles. The molecule has 3 heteroatoms. The minimum absolute atomic E-state index is 0.0203. The van der Waals surface area contributed by atoms with E-state index >= 15 is 0 Å². The van der Waals surface area contributed by atoms with E-state index in [2.05, 4.69) is 19.2 Å². The molecule has 3 N–H and O–H groups in total. The third-order valence-electron chi connectivity index (χ3n) is 8.86. The molecular weight excluding hydrogens is 488 g/mol. The van der Waals surface area contributed by atoms with Crippen LogP contribution in [-0.2, 0) is 4.79 Å². The van der Waals surface area contributed by atoms with Crippen molar-refractivity contribution in [2.45, 2.75) is 225 Å². The van der Waals surface area contributed by atoms with Crippen molar-refractivity contribution in [3.8, 4) is 0 Å². The van der Waals surface area contributed by atoms with Gasteiger partial charge in [0.2, 0.25) is 5.91 Å². The first-order chi connectivity index (χ1) is 19.7. The lowest BCUT2D eigenvalue weighted by atomic mass is 9.99. The smallest absolute Gasteiger partial charge is 0.233 e. The SMILES string of the molecule is CCCCCCCCCCCCCCCCCC(CCCCCCCCCCCCCCCCC)NC(=O)CN. The summed E-state index contributed by atoms with van der Waals surface area (Å²) in [6.07, 6.45) is 44.3. The van der Waals surface area contributed by atoms with Crippen molar-refractivity contribution in [1.82, 2.24) is 5.32 Å². The molecule has 0 aliphatic carbocycles. The van der Waals surface area contributed by atoms with Gasteiger partial charge in [0, 0.05) is 6.04 Å². The van der Waals surface area contributed by atoms with Crippen molar-refractivity contribution in [3.05, 3.63) is 0 Å². The zero-order chi connectivity index (χ0) is 29.2. The van der Waals surface area contributed by atoms with Crippen LogP contribution in [0.5, 0.6) is 0 Å². The van der Waals surface area contributed by atoms with Gasteiger partial charge in [-0.2, -0.15) is 0 Å². The first kappa shape index (κ1) is 39.4. The van der Waals surface area contributed by atoms with Crippen molar-refractivity contribution in [3.63, 3.8) is 0 Å². The summed E-state index contributed by atoms with van der Waals surface area (Å²) in [4.78, 5) is 11.9. The van der Waals surface area contributed by atoms with E-state index in [1.165, 1.54) is 193 Å². The molecule has 0 spiro atoms. The predicted molar refractivity (Wildman–Crippen MR) is 180 cm³/mol. The number of hydrogen-bond donors (Lipinski definition) is 2. The zero-order valence-corrected chi connectivity index (χ0v) is 27.9. The number of rotatable bonds is 34. The molecule has 40 heavy (non-hydrogen) atoms. The van der Waals surface area contributed by atoms with Crippen LogP contribution in [0.15, 0.2) is 0 Å². The van der Waals surface area contributed by atoms with Crippen LogP contribution in [0.4, 0.5) is 0 Å². The minimum atomic E-state index is 0.0203. The van der Waals surface area contributed by atoms with Crippen LogP contribution in [0.2, 0.25) is 0 Å². The monoisotopic (exact) mass is 565 g/mol. The molecule has 0 aromatic rings. The van der Waals surface area contributed by atoms with Crippen LogP contribution in [0.3, 0.4) is 0 Å². The molecule has 0 rings (SSSR count). The molecule has 0 atom stereocenters. The Morgan fingerprint density at radius 3 is 0.875 bits per heavy atom. The van der Waals surface area contributed by atoms with E-state index in [0.29, 0.717) is 6.04 Å². The highest BCUT2D eigenvalue weighted by Gasteiger charge is 2.11. The van der Waals surface area contributed by atoms with Crippen molar-refractivity contribution in [2.24, 2.45) is 5.73 Å². The van der Waals surface area contributed by atoms with E-state index in [0.717, 1.165) is 12.8 Å². The van der Waals surface area contributed by atoms with Gasteiger partial charge in [-0.05, 0) is 12.8 Å². The van der Waals surface area contributed by atoms with Gasteiger partial charge in [0.25, 0.3) is 0 Å². The molecule has 0 fully saturated rings. The molecule has 0 unspecified atom stereocenters. The number of hydrogen-bond acceptors (Lipinski definition) is 2. The van der Waals surface area contributed by atoms with Crippen molar-refractivity contribution in [2.75, 3.05) is 6.54 Å². The van der Waals surface area contributed by atoms with Gasteiger partial charge in [-0.1, -0.05) is 206 Å². The molecule has 0 aromatic carbocycles. The second kappa shape index (κ2) is 34.6. The Morgan fingerprint density at radius 2 is 0.650 bits per heavy atom. The molecule has 3 nitrogen and oxygen atoms in total. The lowest BCUT2D eigenvalue weighted by Crippen LogP contribution is -2.38. The summed E-state index contributed by atoms with van der Waals surface area (Å²) in [7, 11) is 0. The van der Waals surface area contributed by atoms with Gasteiger partial charge in [-0.15, -0.1) is 0 Å². The van der Waals surface area contributed by atoms with Gasteiger partial charge in [-0.25, -0.2) is 0 Å². The topological polar surface area (TPSA) is 55.1 Å². The third-order valence-corrected chi connectivity index (χ3v) is 8.86. The second-order valence-electron chi connectivity index (χ2n) is 12.9. The Bertz CT molecular complexity index is 447. The Kier molecular flexibility index (Phi) is 34.1. The highest BCUT2D eigenvalue weighted by Crippen LogP contribution is 2.17. The number of nitrogens with two attached hydrogens (primary N) is 1. The molecule has 0 heterocycles. The maximum absolute atomic E-state index is 11.9. The average molecular weight is 565 g/mol. The maximum Gasteiger partial charge on any atom is 0.233 e. The summed E-state index contributed by atoms with van der Waals surface area (Å²) in [5.41, 5.74) is 5.58. The first-order valence-corrected chi connectivity index (χ1v) is 18.7. The lowest BCUT2D eigenvalue weighted by Gasteiger charge is -2.18. The fourth-order valence-electron chi connectivity index (χ4n) is 6.10. The predicted octanol–water partition coefficient (Wildman–Crippen LogP) is 12.0. The molecule has 0 saturated carbocycles. The van der Waals surface area contributed by atoms with E-state index in [-0.39, 0.29) is 12.5 Å². The highest BCUT2D eigenvalue weighted by atomic mass is 16.1. The van der Waals surface area contributed by atoms with Crippen LogP contribution < -0.4 is 11.1 Å². The van der Waals surface area contributed by atoms with Crippen LogP contribution in [0, 0.1) is 0 Å². The molecule has 0 saturated heterocycles. The Balaban J connectivity index is 3.57. The van der Waals surface area contributed by atoms with Crippen LogP contribution >= 0.6 is 0 Å². The number of amides is 1. The Morgan fingerprint density at radius 1 is 0.425 bits per heavy atom. The van der Waals surface area contributed by atoms with E-state index in [1.807, 2.05) is 0 Å². The maximum atomic E-state index is 11.9. The molecule has 0 aromatic heterocycles. The normalized spacial score (nSPS) is 11.5. The van der Waals surface area contributed by atoms with Crippen molar-refractivity contribution < 1.29 is 4.79 Å². The van der Waals surface area contributed by atoms with Crippen LogP contribution in [0.25, 0.3) is 0 Å². The van der Waals surface area contributed by atoms with E-state index in [1.54, 1.807) is 0 Å². The second-order valence-corrected chi connectivity index (χ2v) is 12.9.